The SMILES string of the molecule is CCOC(=O)N=S(C)(=O)c1cccc(Nc2ncc(-c3ccc(NC(=O)Cc4cc(C(F)(F)F)ccc4F)c(F)c3)c(NCCCN(C)C)n2)c1. The third kappa shape index (κ3) is 10.9. The molecule has 1 heterocycles. The smallest absolute Gasteiger partial charge is 0.442 e. The summed E-state index contributed by atoms with van der Waals surface area (Å²) in [6, 6.07) is 12.0. The van der Waals surface area contributed by atoms with Gasteiger partial charge in [-0.15, -0.1) is 4.36 Å². The first-order chi connectivity index (χ1) is 24.0. The summed E-state index contributed by atoms with van der Waals surface area (Å²) in [7, 11) is 0.735. The van der Waals surface area contributed by atoms with E-state index in [0.717, 1.165) is 19.0 Å². The molecule has 0 aliphatic heterocycles. The number of ether oxygens (including phenoxy) is 1. The van der Waals surface area contributed by atoms with Gasteiger partial charge in [0.05, 0.1) is 34.0 Å². The normalized spacial score (nSPS) is 12.6. The Morgan fingerprint density at radius 2 is 1.78 bits per heavy atom. The van der Waals surface area contributed by atoms with Gasteiger partial charge in [-0.25, -0.2) is 22.8 Å². The van der Waals surface area contributed by atoms with Gasteiger partial charge >= 0.3 is 12.3 Å². The minimum absolute atomic E-state index is 0.0837. The number of alkyl halides is 3. The lowest BCUT2D eigenvalue weighted by Gasteiger charge is -2.15. The predicted molar refractivity (Wildman–Crippen MR) is 184 cm³/mol. The number of rotatable bonds is 13. The molecule has 1 atom stereocenters. The van der Waals surface area contributed by atoms with E-state index in [1.165, 1.54) is 30.7 Å². The summed E-state index contributed by atoms with van der Waals surface area (Å²) in [6.07, 6.45) is -2.91. The van der Waals surface area contributed by atoms with Crippen molar-refractivity contribution in [3.63, 3.8) is 0 Å². The number of carbonyl (C=O) groups excluding carboxylic acids is 2. The highest BCUT2D eigenvalue weighted by Crippen LogP contribution is 2.32. The molecule has 3 aromatic carbocycles. The number of halogens is 5. The first kappa shape index (κ1) is 38.6. The van der Waals surface area contributed by atoms with Gasteiger partial charge in [-0.2, -0.15) is 18.2 Å². The van der Waals surface area contributed by atoms with Crippen molar-refractivity contribution in [1.82, 2.24) is 14.9 Å². The molecular weight excluding hydrogens is 697 g/mol. The fourth-order valence-corrected chi connectivity index (χ4v) is 5.83. The minimum Gasteiger partial charge on any atom is -0.448 e. The van der Waals surface area contributed by atoms with Crippen LogP contribution in [0.3, 0.4) is 0 Å². The molecule has 0 spiro atoms. The molecule has 2 amide bonds. The Balaban J connectivity index is 1.57. The van der Waals surface area contributed by atoms with Gasteiger partial charge in [-0.05, 0) is 93.6 Å². The van der Waals surface area contributed by atoms with Crippen molar-refractivity contribution in [2.75, 3.05) is 56.0 Å². The zero-order valence-electron chi connectivity index (χ0n) is 28.1. The van der Waals surface area contributed by atoms with Crippen LogP contribution in [0.4, 0.5) is 49.9 Å². The minimum atomic E-state index is -4.73. The van der Waals surface area contributed by atoms with Crippen molar-refractivity contribution in [1.29, 1.82) is 0 Å². The quantitative estimate of drug-likeness (QED) is 0.0952. The molecule has 1 unspecified atom stereocenters. The van der Waals surface area contributed by atoms with Crippen LogP contribution in [0.25, 0.3) is 11.1 Å². The highest BCUT2D eigenvalue weighted by molar-refractivity contribution is 7.93. The van der Waals surface area contributed by atoms with Crippen LogP contribution in [0, 0.1) is 11.6 Å². The lowest BCUT2D eigenvalue weighted by Crippen LogP contribution is -2.17. The number of hydrogen-bond acceptors (Lipinski definition) is 9. The van der Waals surface area contributed by atoms with E-state index in [1.54, 1.807) is 25.1 Å². The molecule has 3 N–H and O–H groups in total. The molecule has 0 fully saturated rings. The first-order valence-electron chi connectivity index (χ1n) is 15.5. The van der Waals surface area contributed by atoms with Gasteiger partial charge in [0.2, 0.25) is 11.9 Å². The first-order valence-corrected chi connectivity index (χ1v) is 17.4. The number of anilines is 4. The summed E-state index contributed by atoms with van der Waals surface area (Å²) in [6.45, 7) is 2.96. The summed E-state index contributed by atoms with van der Waals surface area (Å²) < 4.78 is 90.3. The van der Waals surface area contributed by atoms with Crippen LogP contribution in [-0.2, 0) is 31.9 Å². The Morgan fingerprint density at radius 3 is 2.47 bits per heavy atom. The predicted octanol–water partition coefficient (Wildman–Crippen LogP) is 7.34. The molecule has 0 bridgehead atoms. The number of benzene rings is 3. The molecule has 0 aliphatic carbocycles. The van der Waals surface area contributed by atoms with Gasteiger partial charge in [0, 0.05) is 35.1 Å². The number of carbonyl (C=O) groups is 2. The van der Waals surface area contributed by atoms with E-state index >= 15 is 4.39 Å². The summed E-state index contributed by atoms with van der Waals surface area (Å²) in [5.74, 6) is -2.30. The lowest BCUT2D eigenvalue weighted by atomic mass is 10.1. The maximum Gasteiger partial charge on any atom is 0.442 e. The number of hydrogen-bond donors (Lipinski definition) is 3. The van der Waals surface area contributed by atoms with E-state index in [2.05, 4.69) is 30.3 Å². The highest BCUT2D eigenvalue weighted by atomic mass is 32.2. The Hall–Kier alpha value is -5.16. The molecule has 51 heavy (non-hydrogen) atoms. The molecule has 272 valence electrons. The van der Waals surface area contributed by atoms with Crippen LogP contribution in [0.5, 0.6) is 0 Å². The van der Waals surface area contributed by atoms with E-state index in [9.17, 15) is 31.4 Å². The van der Waals surface area contributed by atoms with Gasteiger partial charge in [-0.1, -0.05) is 12.1 Å². The summed E-state index contributed by atoms with van der Waals surface area (Å²) in [4.78, 5) is 35.6. The molecule has 1 aromatic heterocycles. The average molecular weight is 734 g/mol. The summed E-state index contributed by atoms with van der Waals surface area (Å²) in [5.41, 5.74) is -0.673. The Morgan fingerprint density at radius 1 is 1.02 bits per heavy atom. The topological polar surface area (TPSA) is 138 Å². The van der Waals surface area contributed by atoms with Crippen LogP contribution >= 0.6 is 0 Å². The maximum atomic E-state index is 15.3. The van der Waals surface area contributed by atoms with Gasteiger partial charge in [0.25, 0.3) is 0 Å². The Kier molecular flexibility index (Phi) is 12.7. The number of nitrogens with zero attached hydrogens (tertiary/aromatic N) is 4. The number of amides is 2. The van der Waals surface area contributed by atoms with Crippen molar-refractivity contribution < 1.29 is 40.5 Å². The third-order valence-corrected chi connectivity index (χ3v) is 8.81. The molecule has 0 saturated heterocycles. The van der Waals surface area contributed by atoms with Gasteiger partial charge < -0.3 is 25.6 Å². The van der Waals surface area contributed by atoms with Gasteiger partial charge in [0.15, 0.2) is 0 Å². The summed E-state index contributed by atoms with van der Waals surface area (Å²) >= 11 is 0. The molecule has 4 rings (SSSR count). The molecule has 0 aliphatic rings. The van der Waals surface area contributed by atoms with E-state index in [0.29, 0.717) is 47.4 Å². The zero-order chi connectivity index (χ0) is 37.3. The van der Waals surface area contributed by atoms with E-state index in [4.69, 9.17) is 4.74 Å². The molecule has 0 radical (unpaired) electrons. The van der Waals surface area contributed by atoms with Crippen LogP contribution in [0.2, 0.25) is 0 Å². The second-order valence-electron chi connectivity index (χ2n) is 11.5. The Labute approximate surface area is 291 Å². The summed E-state index contributed by atoms with van der Waals surface area (Å²) in [5, 5.41) is 8.56. The fourth-order valence-electron chi connectivity index (χ4n) is 4.71. The van der Waals surface area contributed by atoms with Crippen molar-refractivity contribution in [2.45, 2.75) is 30.8 Å². The van der Waals surface area contributed by atoms with E-state index in [1.807, 2.05) is 19.0 Å². The highest BCUT2D eigenvalue weighted by Gasteiger charge is 2.31. The standard InChI is InChI=1S/C34H36F5N7O4S/c1-5-50-33(48)45-51(4,49)25-9-6-8-24(19-25)42-32-41-20-26(31(44-32)40-14-7-15-46(2)3)21-10-13-29(28(36)17-21)43-30(47)18-22-16-23(34(37,38)39)11-12-27(22)35/h6,8-13,16-17,19-20H,5,7,14-15,18H2,1-4H3,(H,43,47)(H2,40,41,42,44). The third-order valence-electron chi connectivity index (χ3n) is 7.19. The molecule has 11 nitrogen and oxygen atoms in total. The van der Waals surface area contributed by atoms with E-state index in [-0.39, 0.29) is 23.1 Å². The molecule has 17 heteroatoms. The second kappa shape index (κ2) is 16.7. The number of nitrogens with one attached hydrogen (secondary N) is 3. The van der Waals surface area contributed by atoms with Crippen molar-refractivity contribution in [3.8, 4) is 11.1 Å². The maximum absolute atomic E-state index is 15.3. The Bertz CT molecular complexity index is 2020. The average Bonchev–Trinajstić information content (AvgIpc) is 3.04. The monoisotopic (exact) mass is 733 g/mol. The fraction of sp³-hybridized carbons (Fsp3) is 0.294. The van der Waals surface area contributed by atoms with E-state index < -0.39 is 57.1 Å². The molecule has 0 saturated carbocycles. The van der Waals surface area contributed by atoms with Crippen molar-refractivity contribution >= 4 is 44.9 Å². The largest absolute Gasteiger partial charge is 0.448 e. The van der Waals surface area contributed by atoms with Gasteiger partial charge in [-0.3, -0.25) is 4.79 Å². The second-order valence-corrected chi connectivity index (χ2v) is 13.8. The zero-order valence-corrected chi connectivity index (χ0v) is 28.9. The molecule has 4 aromatic rings. The van der Waals surface area contributed by atoms with Crippen molar-refractivity contribution in [2.24, 2.45) is 4.36 Å². The van der Waals surface area contributed by atoms with Crippen molar-refractivity contribution in [3.05, 3.63) is 89.6 Å². The molecular formula is C34H36F5N7O4S. The van der Waals surface area contributed by atoms with Crippen LogP contribution in [-0.4, -0.2) is 71.1 Å². The van der Waals surface area contributed by atoms with Crippen LogP contribution in [0.15, 0.2) is 76.1 Å². The number of aromatic nitrogens is 2. The van der Waals surface area contributed by atoms with Crippen LogP contribution in [0.1, 0.15) is 24.5 Å². The van der Waals surface area contributed by atoms with Gasteiger partial charge in [0.1, 0.15) is 17.5 Å². The van der Waals surface area contributed by atoms with Crippen LogP contribution < -0.4 is 16.0 Å². The lowest BCUT2D eigenvalue weighted by molar-refractivity contribution is -0.137.